The van der Waals surface area contributed by atoms with Crippen molar-refractivity contribution in [2.75, 3.05) is 24.6 Å². The van der Waals surface area contributed by atoms with Gasteiger partial charge in [0.2, 0.25) is 0 Å². The van der Waals surface area contributed by atoms with Gasteiger partial charge in [0, 0.05) is 31.0 Å². The fourth-order valence-electron chi connectivity index (χ4n) is 3.25. The quantitative estimate of drug-likeness (QED) is 0.896. The molecule has 0 aromatic carbocycles. The predicted octanol–water partition coefficient (Wildman–Crippen LogP) is 1.09. The van der Waals surface area contributed by atoms with Crippen LogP contribution in [0.25, 0.3) is 0 Å². The highest BCUT2D eigenvalue weighted by atomic mass is 35.5. The summed E-state index contributed by atoms with van der Waals surface area (Å²) in [6.07, 6.45) is 5.65. The predicted molar refractivity (Wildman–Crippen MR) is 83.1 cm³/mol. The van der Waals surface area contributed by atoms with E-state index in [1.54, 1.807) is 12.4 Å². The van der Waals surface area contributed by atoms with Crippen LogP contribution in [0.15, 0.2) is 18.5 Å². The minimum absolute atomic E-state index is 0.0164. The molecule has 0 bridgehead atoms. The lowest BCUT2D eigenvalue weighted by molar-refractivity contribution is 0.226. The molecule has 1 aromatic rings. The van der Waals surface area contributed by atoms with E-state index >= 15 is 0 Å². The van der Waals surface area contributed by atoms with Crippen molar-refractivity contribution in [3.8, 4) is 0 Å². The zero-order chi connectivity index (χ0) is 14.9. The molecule has 2 saturated heterocycles. The minimum atomic E-state index is -2.95. The number of pyridine rings is 1. The third-order valence-electron chi connectivity index (χ3n) is 4.34. The molecule has 2 aliphatic heterocycles. The van der Waals surface area contributed by atoms with Crippen molar-refractivity contribution in [1.29, 1.82) is 0 Å². The van der Waals surface area contributed by atoms with Crippen LogP contribution >= 0.6 is 11.6 Å². The van der Waals surface area contributed by atoms with E-state index in [1.807, 2.05) is 6.07 Å². The van der Waals surface area contributed by atoms with Crippen LogP contribution in [0.2, 0.25) is 5.02 Å². The lowest BCUT2D eigenvalue weighted by Gasteiger charge is -2.28. The minimum Gasteiger partial charge on any atom is -0.307 e. The molecular weight excluding hydrogens is 310 g/mol. The number of sulfone groups is 1. The monoisotopic (exact) mass is 329 g/mol. The van der Waals surface area contributed by atoms with Crippen molar-refractivity contribution in [1.82, 2.24) is 15.2 Å². The lowest BCUT2D eigenvalue weighted by atomic mass is 10.1. The first-order valence-corrected chi connectivity index (χ1v) is 9.51. The van der Waals surface area contributed by atoms with Gasteiger partial charge in [-0.15, -0.1) is 0 Å². The lowest BCUT2D eigenvalue weighted by Crippen LogP contribution is -2.48. The average Bonchev–Trinajstić information content (AvgIpc) is 3.05. The molecule has 0 saturated carbocycles. The summed E-state index contributed by atoms with van der Waals surface area (Å²) in [5.41, 5.74) is 0.955. The fourth-order valence-corrected chi connectivity index (χ4v) is 5.42. The summed E-state index contributed by atoms with van der Waals surface area (Å²) in [7, 11) is -2.95. The highest BCUT2D eigenvalue weighted by Crippen LogP contribution is 2.23. The molecule has 2 aliphatic rings. The second kappa shape index (κ2) is 6.20. The van der Waals surface area contributed by atoms with Crippen LogP contribution in [0.4, 0.5) is 0 Å². The van der Waals surface area contributed by atoms with Crippen molar-refractivity contribution in [3.05, 3.63) is 29.0 Å². The Balaban J connectivity index is 1.69. The molecular formula is C14H20ClN3O2S. The van der Waals surface area contributed by atoms with Crippen LogP contribution in [0.1, 0.15) is 18.4 Å². The van der Waals surface area contributed by atoms with E-state index < -0.39 is 9.84 Å². The third kappa shape index (κ3) is 3.56. The Morgan fingerprint density at radius 2 is 2.10 bits per heavy atom. The zero-order valence-electron chi connectivity index (χ0n) is 11.8. The first kappa shape index (κ1) is 15.2. The molecule has 2 fully saturated rings. The number of hydrogen-bond acceptors (Lipinski definition) is 5. The molecule has 21 heavy (non-hydrogen) atoms. The van der Waals surface area contributed by atoms with Crippen LogP contribution in [-0.4, -0.2) is 55.0 Å². The van der Waals surface area contributed by atoms with Gasteiger partial charge in [0.1, 0.15) is 0 Å². The van der Waals surface area contributed by atoms with E-state index in [9.17, 15) is 8.42 Å². The number of nitrogens with zero attached hydrogens (tertiary/aromatic N) is 2. The summed E-state index contributed by atoms with van der Waals surface area (Å²) in [5.74, 6) is 0.492. The van der Waals surface area contributed by atoms with E-state index in [0.717, 1.165) is 18.7 Å². The van der Waals surface area contributed by atoms with Gasteiger partial charge in [-0.1, -0.05) is 11.6 Å². The van der Waals surface area contributed by atoms with Crippen molar-refractivity contribution < 1.29 is 8.42 Å². The van der Waals surface area contributed by atoms with Gasteiger partial charge in [0.15, 0.2) is 9.84 Å². The van der Waals surface area contributed by atoms with Gasteiger partial charge >= 0.3 is 0 Å². The van der Waals surface area contributed by atoms with E-state index in [2.05, 4.69) is 15.2 Å². The molecule has 2 atom stereocenters. The van der Waals surface area contributed by atoms with Crippen molar-refractivity contribution >= 4 is 21.4 Å². The van der Waals surface area contributed by atoms with Gasteiger partial charge in [-0.25, -0.2) is 8.42 Å². The van der Waals surface area contributed by atoms with Gasteiger partial charge in [-0.2, -0.15) is 0 Å². The second-order valence-electron chi connectivity index (χ2n) is 5.84. The summed E-state index contributed by atoms with van der Waals surface area (Å²) in [4.78, 5) is 6.28. The maximum atomic E-state index is 12.0. The van der Waals surface area contributed by atoms with Crippen molar-refractivity contribution in [2.45, 2.75) is 31.5 Å². The highest BCUT2D eigenvalue weighted by molar-refractivity contribution is 7.91. The fraction of sp³-hybridized carbons (Fsp3) is 0.643. The summed E-state index contributed by atoms with van der Waals surface area (Å²) in [6.45, 7) is 2.59. The molecule has 0 unspecified atom stereocenters. The molecule has 7 heteroatoms. The molecule has 1 aromatic heterocycles. The van der Waals surface area contributed by atoms with Crippen molar-refractivity contribution in [3.63, 3.8) is 0 Å². The number of aromatic nitrogens is 1. The molecule has 3 rings (SSSR count). The van der Waals surface area contributed by atoms with Crippen molar-refractivity contribution in [2.24, 2.45) is 0 Å². The molecule has 1 N–H and O–H groups in total. The Labute approximate surface area is 130 Å². The summed E-state index contributed by atoms with van der Waals surface area (Å²) in [6, 6.07) is 1.94. The number of nitrogens with one attached hydrogen (secondary N) is 1. The SMILES string of the molecule is O=S1(=O)C[C@@H](NCc2ccncc2Cl)[C@@H](N2CCCC2)C1. The second-order valence-corrected chi connectivity index (χ2v) is 8.40. The normalized spacial score (nSPS) is 29.0. The largest absolute Gasteiger partial charge is 0.307 e. The third-order valence-corrected chi connectivity index (χ3v) is 6.40. The Morgan fingerprint density at radius 3 is 2.81 bits per heavy atom. The molecule has 0 amide bonds. The van der Waals surface area contributed by atoms with E-state index in [0.29, 0.717) is 11.6 Å². The van der Waals surface area contributed by atoms with Crippen LogP contribution in [0, 0.1) is 0 Å². The number of halogens is 1. The van der Waals surface area contributed by atoms with Crippen LogP contribution < -0.4 is 5.32 Å². The number of likely N-dealkylation sites (tertiary alicyclic amines) is 1. The van der Waals surface area contributed by atoms with E-state index in [4.69, 9.17) is 11.6 Å². The summed E-state index contributed by atoms with van der Waals surface area (Å²) < 4.78 is 24.0. The van der Waals surface area contributed by atoms with Crippen LogP contribution in [-0.2, 0) is 16.4 Å². The summed E-state index contributed by atoms with van der Waals surface area (Å²) in [5, 5.41) is 4.00. The molecule has 0 aliphatic carbocycles. The smallest absolute Gasteiger partial charge is 0.153 e. The van der Waals surface area contributed by atoms with Crippen LogP contribution in [0.5, 0.6) is 0 Å². The maximum absolute atomic E-state index is 12.0. The Morgan fingerprint density at radius 1 is 1.33 bits per heavy atom. The number of rotatable bonds is 4. The van der Waals surface area contributed by atoms with Gasteiger partial charge in [-0.05, 0) is 37.6 Å². The molecule has 0 spiro atoms. The molecule has 3 heterocycles. The highest BCUT2D eigenvalue weighted by Gasteiger charge is 2.41. The van der Waals surface area contributed by atoms with Gasteiger partial charge in [-0.3, -0.25) is 9.88 Å². The average molecular weight is 330 g/mol. The maximum Gasteiger partial charge on any atom is 0.153 e. The van der Waals surface area contributed by atoms with Gasteiger partial charge in [0.25, 0.3) is 0 Å². The van der Waals surface area contributed by atoms with Gasteiger partial charge in [0.05, 0.1) is 16.5 Å². The topological polar surface area (TPSA) is 62.3 Å². The number of hydrogen-bond donors (Lipinski definition) is 1. The van der Waals surface area contributed by atoms with E-state index in [1.165, 1.54) is 12.8 Å². The Kier molecular flexibility index (Phi) is 4.49. The Hall–Kier alpha value is -0.690. The first-order chi connectivity index (χ1) is 10.1. The zero-order valence-corrected chi connectivity index (χ0v) is 13.4. The van der Waals surface area contributed by atoms with Gasteiger partial charge < -0.3 is 5.32 Å². The molecule has 116 valence electrons. The Bertz CT molecular complexity index is 602. The summed E-state index contributed by atoms with van der Waals surface area (Å²) >= 11 is 6.10. The standard InChI is InChI=1S/C14H20ClN3O2S/c15-12-8-16-4-3-11(12)7-17-13-9-21(19,20)10-14(13)18-5-1-2-6-18/h3-4,8,13-14,17H,1-2,5-7,9-10H2/t13-,14+/m1/s1. The first-order valence-electron chi connectivity index (χ1n) is 7.31. The molecule has 0 radical (unpaired) electrons. The van der Waals surface area contributed by atoms with Crippen LogP contribution in [0.3, 0.4) is 0 Å². The van der Waals surface area contributed by atoms with E-state index in [-0.39, 0.29) is 23.6 Å². The molecule has 5 nitrogen and oxygen atoms in total.